The highest BCUT2D eigenvalue weighted by molar-refractivity contribution is 9.10. The Morgan fingerprint density at radius 3 is 2.82 bits per heavy atom. The predicted octanol–water partition coefficient (Wildman–Crippen LogP) is 5.05. The van der Waals surface area contributed by atoms with Gasteiger partial charge >= 0.3 is 0 Å². The number of rotatable bonds is 3. The molecule has 6 heteroatoms. The van der Waals surface area contributed by atoms with Crippen LogP contribution in [0.5, 0.6) is 11.5 Å². The quantitative estimate of drug-likeness (QED) is 0.626. The van der Waals surface area contributed by atoms with E-state index in [0.717, 1.165) is 9.99 Å². The number of aromatic amines is 1. The first-order valence-electron chi connectivity index (χ1n) is 6.47. The lowest BCUT2D eigenvalue weighted by Crippen LogP contribution is -1.84. The normalized spacial score (nSPS) is 11.4. The lowest BCUT2D eigenvalue weighted by Gasteiger charge is -2.02. The zero-order valence-electron chi connectivity index (χ0n) is 11.6. The van der Waals surface area contributed by atoms with Gasteiger partial charge in [0, 0.05) is 4.47 Å². The van der Waals surface area contributed by atoms with Crippen molar-refractivity contribution < 1.29 is 9.84 Å². The molecule has 2 aromatic carbocycles. The molecule has 0 saturated carbocycles. The van der Waals surface area contributed by atoms with Gasteiger partial charge in [0.05, 0.1) is 29.2 Å². The van der Waals surface area contributed by atoms with Crippen molar-refractivity contribution in [3.05, 3.63) is 51.6 Å². The van der Waals surface area contributed by atoms with Crippen molar-refractivity contribution in [3.8, 4) is 11.5 Å². The molecule has 1 aromatic heterocycles. The number of hydrogen-bond acceptors (Lipinski definition) is 3. The minimum atomic E-state index is 0.0694. The Bertz CT molecular complexity index is 874. The number of para-hydroxylation sites is 2. The number of ether oxygens (including phenoxy) is 1. The SMILES string of the molecule is COc1ccccc1N=Cc1[nH]c2ccc(Br)c(Cl)c2c1O. The van der Waals surface area contributed by atoms with E-state index in [1.54, 1.807) is 13.3 Å². The molecular formula is C16H12BrClN2O2. The van der Waals surface area contributed by atoms with Crippen molar-refractivity contribution in [1.82, 2.24) is 4.98 Å². The van der Waals surface area contributed by atoms with Gasteiger partial charge in [0.15, 0.2) is 5.75 Å². The summed E-state index contributed by atoms with van der Waals surface area (Å²) in [6.07, 6.45) is 1.55. The number of halogens is 2. The van der Waals surface area contributed by atoms with Crippen LogP contribution in [-0.2, 0) is 0 Å². The van der Waals surface area contributed by atoms with Crippen molar-refractivity contribution >= 4 is 50.3 Å². The van der Waals surface area contributed by atoms with E-state index in [0.29, 0.717) is 27.5 Å². The van der Waals surface area contributed by atoms with E-state index in [1.165, 1.54) is 0 Å². The Hall–Kier alpha value is -1.98. The highest BCUT2D eigenvalue weighted by Gasteiger charge is 2.14. The van der Waals surface area contributed by atoms with Crippen molar-refractivity contribution in [2.45, 2.75) is 0 Å². The van der Waals surface area contributed by atoms with Gasteiger partial charge < -0.3 is 14.8 Å². The number of aromatic hydroxyl groups is 1. The molecule has 0 aliphatic carbocycles. The summed E-state index contributed by atoms with van der Waals surface area (Å²) in [5.74, 6) is 0.732. The molecule has 0 atom stereocenters. The molecule has 0 radical (unpaired) electrons. The molecule has 0 amide bonds. The van der Waals surface area contributed by atoms with Crippen LogP contribution in [0.25, 0.3) is 10.9 Å². The number of fused-ring (bicyclic) bond motifs is 1. The molecule has 0 saturated heterocycles. The molecule has 0 spiro atoms. The summed E-state index contributed by atoms with van der Waals surface area (Å²) >= 11 is 9.57. The fourth-order valence-corrected chi connectivity index (χ4v) is 2.77. The van der Waals surface area contributed by atoms with Gasteiger partial charge in [-0.15, -0.1) is 0 Å². The molecule has 0 aliphatic rings. The van der Waals surface area contributed by atoms with E-state index < -0.39 is 0 Å². The molecule has 0 unspecified atom stereocenters. The van der Waals surface area contributed by atoms with Crippen molar-refractivity contribution in [1.29, 1.82) is 0 Å². The van der Waals surface area contributed by atoms with E-state index in [2.05, 4.69) is 25.9 Å². The third-order valence-corrected chi connectivity index (χ3v) is 4.56. The second kappa shape index (κ2) is 6.02. The molecule has 0 bridgehead atoms. The molecular weight excluding hydrogens is 368 g/mol. The predicted molar refractivity (Wildman–Crippen MR) is 92.9 cm³/mol. The average molecular weight is 380 g/mol. The molecule has 112 valence electrons. The molecule has 3 rings (SSSR count). The van der Waals surface area contributed by atoms with Gasteiger partial charge in [-0.2, -0.15) is 0 Å². The topological polar surface area (TPSA) is 57.6 Å². The Morgan fingerprint density at radius 1 is 1.27 bits per heavy atom. The number of nitrogens with one attached hydrogen (secondary N) is 1. The molecule has 0 aliphatic heterocycles. The number of benzene rings is 2. The fourth-order valence-electron chi connectivity index (χ4n) is 2.19. The second-order valence-electron chi connectivity index (χ2n) is 4.60. The van der Waals surface area contributed by atoms with Crippen molar-refractivity contribution in [2.75, 3.05) is 7.11 Å². The first kappa shape index (κ1) is 14.9. The van der Waals surface area contributed by atoms with Gasteiger partial charge in [0.1, 0.15) is 17.1 Å². The van der Waals surface area contributed by atoms with Crippen LogP contribution in [0.4, 0.5) is 5.69 Å². The summed E-state index contributed by atoms with van der Waals surface area (Å²) in [7, 11) is 1.59. The largest absolute Gasteiger partial charge is 0.505 e. The van der Waals surface area contributed by atoms with E-state index in [9.17, 15) is 5.11 Å². The Kier molecular flexibility index (Phi) is 4.09. The number of nitrogens with zero attached hydrogens (tertiary/aromatic N) is 1. The highest BCUT2D eigenvalue weighted by atomic mass is 79.9. The lowest BCUT2D eigenvalue weighted by atomic mass is 10.2. The number of methoxy groups -OCH3 is 1. The van der Waals surface area contributed by atoms with Crippen LogP contribution in [0.3, 0.4) is 0 Å². The monoisotopic (exact) mass is 378 g/mol. The van der Waals surface area contributed by atoms with Crippen LogP contribution in [0, 0.1) is 0 Å². The number of aliphatic imine (C=N–C) groups is 1. The Labute approximate surface area is 140 Å². The summed E-state index contributed by atoms with van der Waals surface area (Å²) < 4.78 is 5.97. The maximum atomic E-state index is 10.3. The summed E-state index contributed by atoms with van der Waals surface area (Å²) in [6.45, 7) is 0. The van der Waals surface area contributed by atoms with Gasteiger partial charge in [0.2, 0.25) is 0 Å². The maximum Gasteiger partial charge on any atom is 0.151 e. The molecule has 4 nitrogen and oxygen atoms in total. The van der Waals surface area contributed by atoms with E-state index in [4.69, 9.17) is 16.3 Å². The number of aromatic nitrogens is 1. The van der Waals surface area contributed by atoms with Crippen molar-refractivity contribution in [3.63, 3.8) is 0 Å². The zero-order valence-corrected chi connectivity index (χ0v) is 13.9. The van der Waals surface area contributed by atoms with Crippen LogP contribution < -0.4 is 4.74 Å². The second-order valence-corrected chi connectivity index (χ2v) is 5.83. The van der Waals surface area contributed by atoms with Crippen LogP contribution in [0.1, 0.15) is 5.69 Å². The third kappa shape index (κ3) is 2.58. The fraction of sp³-hybridized carbons (Fsp3) is 0.0625. The third-order valence-electron chi connectivity index (χ3n) is 3.27. The van der Waals surface area contributed by atoms with Crippen LogP contribution in [0.2, 0.25) is 5.02 Å². The first-order valence-corrected chi connectivity index (χ1v) is 7.64. The van der Waals surface area contributed by atoms with E-state index >= 15 is 0 Å². The number of hydrogen-bond donors (Lipinski definition) is 2. The van der Waals surface area contributed by atoms with Gasteiger partial charge in [-0.1, -0.05) is 23.7 Å². The Balaban J connectivity index is 2.06. The number of H-pyrrole nitrogens is 1. The molecule has 0 fully saturated rings. The van der Waals surface area contributed by atoms with Crippen molar-refractivity contribution in [2.24, 2.45) is 4.99 Å². The Morgan fingerprint density at radius 2 is 2.05 bits per heavy atom. The summed E-state index contributed by atoms with van der Waals surface area (Å²) in [4.78, 5) is 7.45. The minimum absolute atomic E-state index is 0.0694. The van der Waals surface area contributed by atoms with E-state index in [1.807, 2.05) is 36.4 Å². The molecule has 3 aromatic rings. The standard InChI is InChI=1S/C16H12BrClN2O2/c1-22-13-5-3-2-4-10(13)19-8-12-16(21)14-11(20-12)7-6-9(17)15(14)18/h2-8,20-21H,1H3. The van der Waals surface area contributed by atoms with Gasteiger partial charge in [-0.25, -0.2) is 0 Å². The minimum Gasteiger partial charge on any atom is -0.505 e. The molecule has 2 N–H and O–H groups in total. The van der Waals surface area contributed by atoms with Crippen LogP contribution >= 0.6 is 27.5 Å². The summed E-state index contributed by atoms with van der Waals surface area (Å²) in [5.41, 5.74) is 1.91. The summed E-state index contributed by atoms with van der Waals surface area (Å²) in [5, 5.41) is 11.4. The summed E-state index contributed by atoms with van der Waals surface area (Å²) in [6, 6.07) is 11.1. The average Bonchev–Trinajstić information content (AvgIpc) is 2.86. The zero-order chi connectivity index (χ0) is 15.7. The smallest absolute Gasteiger partial charge is 0.151 e. The van der Waals surface area contributed by atoms with Gasteiger partial charge in [0.25, 0.3) is 0 Å². The highest BCUT2D eigenvalue weighted by Crippen LogP contribution is 2.38. The maximum absolute atomic E-state index is 10.3. The van der Waals surface area contributed by atoms with Gasteiger partial charge in [-0.05, 0) is 40.2 Å². The first-order chi connectivity index (χ1) is 10.6. The van der Waals surface area contributed by atoms with Crippen LogP contribution in [0.15, 0.2) is 45.9 Å². The van der Waals surface area contributed by atoms with Crippen LogP contribution in [-0.4, -0.2) is 23.4 Å². The molecule has 1 heterocycles. The lowest BCUT2D eigenvalue weighted by molar-refractivity contribution is 0.416. The van der Waals surface area contributed by atoms with Gasteiger partial charge in [-0.3, -0.25) is 4.99 Å². The molecule has 22 heavy (non-hydrogen) atoms. The van der Waals surface area contributed by atoms with E-state index in [-0.39, 0.29) is 5.75 Å².